The molecule has 0 radical (unpaired) electrons. The van der Waals surface area contributed by atoms with Crippen LogP contribution in [0, 0.1) is 40.4 Å². The maximum Gasteiger partial charge on any atom is 0.136 e. The third-order valence-corrected chi connectivity index (χ3v) is 9.30. The monoisotopic (exact) mass is 346 g/mol. The van der Waals surface area contributed by atoms with E-state index in [1.807, 2.05) is 0 Å². The Hall–Kier alpha value is -0.700. The molecule has 25 heavy (non-hydrogen) atoms. The smallest absolute Gasteiger partial charge is 0.136 e. The van der Waals surface area contributed by atoms with Gasteiger partial charge in [-0.2, -0.15) is 0 Å². The Kier molecular flexibility index (Phi) is 4.18. The largest absolute Gasteiger partial charge is 0.393 e. The van der Waals surface area contributed by atoms with Crippen molar-refractivity contribution in [1.29, 1.82) is 0 Å². The molecule has 4 fully saturated rings. The van der Waals surface area contributed by atoms with Gasteiger partial charge < -0.3 is 5.11 Å². The van der Waals surface area contributed by atoms with Gasteiger partial charge in [0.1, 0.15) is 11.6 Å². The number of Topliss-reactive ketones (excluding diaryl/α,β-unsaturated/α-hetero) is 2. The second-order valence-corrected chi connectivity index (χ2v) is 9.96. The molecule has 0 amide bonds. The lowest BCUT2D eigenvalue weighted by Gasteiger charge is -2.60. The Morgan fingerprint density at radius 2 is 1.68 bits per heavy atom. The van der Waals surface area contributed by atoms with Crippen molar-refractivity contribution < 1.29 is 14.7 Å². The first-order chi connectivity index (χ1) is 11.8. The first-order valence-corrected chi connectivity index (χ1v) is 10.5. The maximum atomic E-state index is 12.8. The van der Waals surface area contributed by atoms with Gasteiger partial charge in [-0.25, -0.2) is 0 Å². The second-order valence-electron chi connectivity index (χ2n) is 9.96. The summed E-state index contributed by atoms with van der Waals surface area (Å²) >= 11 is 0. The summed E-state index contributed by atoms with van der Waals surface area (Å²) in [6.45, 7) is 5.92. The maximum absolute atomic E-state index is 12.8. The third kappa shape index (κ3) is 2.33. The Morgan fingerprint density at radius 1 is 0.920 bits per heavy atom. The predicted octanol–water partition coefficient (Wildman–Crippen LogP) is 4.16. The average molecular weight is 347 g/mol. The van der Waals surface area contributed by atoms with Crippen LogP contribution in [0.5, 0.6) is 0 Å². The summed E-state index contributed by atoms with van der Waals surface area (Å²) in [7, 11) is 0. The molecule has 0 aromatic rings. The Morgan fingerprint density at radius 3 is 2.36 bits per heavy atom. The second kappa shape index (κ2) is 5.90. The number of carbonyl (C=O) groups is 2. The van der Waals surface area contributed by atoms with Gasteiger partial charge in [-0.1, -0.05) is 6.92 Å². The lowest BCUT2D eigenvalue weighted by molar-refractivity contribution is -0.157. The molecule has 4 saturated carbocycles. The molecule has 0 bridgehead atoms. The summed E-state index contributed by atoms with van der Waals surface area (Å²) < 4.78 is 0. The SMILES string of the molecule is CC(=O)C1CC[C@H]2C3CC[C@H]4C[C@H](O)CCC4(C)[C@H]3CCC12C(C)=O. The quantitative estimate of drug-likeness (QED) is 0.816. The first kappa shape index (κ1) is 17.7. The highest BCUT2D eigenvalue weighted by Crippen LogP contribution is 2.67. The summed E-state index contributed by atoms with van der Waals surface area (Å²) in [6, 6.07) is 0. The number of aliphatic hydroxyl groups is 1. The molecule has 0 heterocycles. The van der Waals surface area contributed by atoms with Crippen molar-refractivity contribution in [3.63, 3.8) is 0 Å². The molecule has 0 aromatic carbocycles. The minimum Gasteiger partial charge on any atom is -0.393 e. The summed E-state index contributed by atoms with van der Waals surface area (Å²) in [5.74, 6) is 2.83. The number of rotatable bonds is 2. The van der Waals surface area contributed by atoms with E-state index >= 15 is 0 Å². The molecule has 4 rings (SSSR count). The highest BCUT2D eigenvalue weighted by Gasteiger charge is 2.64. The van der Waals surface area contributed by atoms with Crippen LogP contribution in [0.2, 0.25) is 0 Å². The number of hydrogen-bond donors (Lipinski definition) is 1. The van der Waals surface area contributed by atoms with E-state index in [-0.39, 0.29) is 29.0 Å². The van der Waals surface area contributed by atoms with Crippen molar-refractivity contribution in [1.82, 2.24) is 0 Å². The van der Waals surface area contributed by atoms with Crippen LogP contribution in [0.3, 0.4) is 0 Å². The van der Waals surface area contributed by atoms with Crippen LogP contribution in [0.15, 0.2) is 0 Å². The van der Waals surface area contributed by atoms with E-state index in [4.69, 9.17) is 0 Å². The molecule has 4 aliphatic carbocycles. The van der Waals surface area contributed by atoms with Gasteiger partial charge in [-0.3, -0.25) is 9.59 Å². The van der Waals surface area contributed by atoms with Crippen molar-refractivity contribution in [2.24, 2.45) is 40.4 Å². The highest BCUT2D eigenvalue weighted by atomic mass is 16.3. The Balaban J connectivity index is 1.67. The van der Waals surface area contributed by atoms with Crippen molar-refractivity contribution >= 4 is 11.6 Å². The summed E-state index contributed by atoms with van der Waals surface area (Å²) in [5, 5.41) is 10.1. The van der Waals surface area contributed by atoms with Gasteiger partial charge >= 0.3 is 0 Å². The van der Waals surface area contributed by atoms with Crippen LogP contribution in [-0.4, -0.2) is 22.8 Å². The van der Waals surface area contributed by atoms with Crippen LogP contribution < -0.4 is 0 Å². The average Bonchev–Trinajstić information content (AvgIpc) is 2.96. The predicted molar refractivity (Wildman–Crippen MR) is 96.9 cm³/mol. The van der Waals surface area contributed by atoms with Crippen LogP contribution in [0.4, 0.5) is 0 Å². The van der Waals surface area contributed by atoms with Gasteiger partial charge in [0.05, 0.1) is 6.10 Å². The fourth-order valence-corrected chi connectivity index (χ4v) is 8.16. The van der Waals surface area contributed by atoms with E-state index in [1.54, 1.807) is 13.8 Å². The fraction of sp³-hybridized carbons (Fsp3) is 0.909. The first-order valence-electron chi connectivity index (χ1n) is 10.5. The normalized spacial score (nSPS) is 52.0. The molecule has 4 aliphatic rings. The van der Waals surface area contributed by atoms with Gasteiger partial charge in [-0.15, -0.1) is 0 Å². The molecule has 4 unspecified atom stereocenters. The zero-order valence-corrected chi connectivity index (χ0v) is 16.1. The van der Waals surface area contributed by atoms with E-state index in [9.17, 15) is 14.7 Å². The van der Waals surface area contributed by atoms with Gasteiger partial charge in [0.2, 0.25) is 0 Å². The van der Waals surface area contributed by atoms with Crippen molar-refractivity contribution in [3.05, 3.63) is 0 Å². The zero-order chi connectivity index (χ0) is 18.0. The van der Waals surface area contributed by atoms with E-state index in [0.717, 1.165) is 44.9 Å². The fourth-order valence-electron chi connectivity index (χ4n) is 8.16. The number of carbonyl (C=O) groups excluding carboxylic acids is 2. The summed E-state index contributed by atoms with van der Waals surface area (Å²) in [5.41, 5.74) is -0.0240. The van der Waals surface area contributed by atoms with Crippen molar-refractivity contribution in [2.45, 2.75) is 84.7 Å². The molecule has 3 nitrogen and oxygen atoms in total. The zero-order valence-electron chi connectivity index (χ0n) is 16.1. The van der Waals surface area contributed by atoms with Crippen LogP contribution >= 0.6 is 0 Å². The third-order valence-electron chi connectivity index (χ3n) is 9.30. The molecule has 140 valence electrons. The molecule has 0 saturated heterocycles. The standard InChI is InChI=1S/C22H34O3/c1-13(23)18-6-7-20-17-5-4-15-12-16(25)8-10-21(15,3)19(17)9-11-22(18,20)14(2)24/h15-20,25H,4-12H2,1-3H3/t15-,16+,17?,18?,19-,20-,21?,22?/m0/s1. The van der Waals surface area contributed by atoms with Crippen molar-refractivity contribution in [2.75, 3.05) is 0 Å². The van der Waals surface area contributed by atoms with E-state index in [1.165, 1.54) is 12.8 Å². The molecule has 0 aromatic heterocycles. The van der Waals surface area contributed by atoms with E-state index in [0.29, 0.717) is 29.1 Å². The van der Waals surface area contributed by atoms with E-state index < -0.39 is 0 Å². The highest BCUT2D eigenvalue weighted by molar-refractivity contribution is 5.91. The molecule has 1 N–H and O–H groups in total. The van der Waals surface area contributed by atoms with Gasteiger partial charge in [0.15, 0.2) is 0 Å². The van der Waals surface area contributed by atoms with Gasteiger partial charge in [-0.05, 0) is 101 Å². The lowest BCUT2D eigenvalue weighted by atomic mass is 9.44. The minimum absolute atomic E-state index is 0.0327. The summed E-state index contributed by atoms with van der Waals surface area (Å²) in [6.07, 6.45) is 9.34. The van der Waals surface area contributed by atoms with Gasteiger partial charge in [0, 0.05) is 11.3 Å². The summed E-state index contributed by atoms with van der Waals surface area (Å²) in [4.78, 5) is 25.1. The molecule has 0 aliphatic heterocycles. The van der Waals surface area contributed by atoms with Gasteiger partial charge in [0.25, 0.3) is 0 Å². The topological polar surface area (TPSA) is 54.4 Å². The number of ketones is 2. The molecular formula is C22H34O3. The molecule has 3 heteroatoms. The molecule has 8 atom stereocenters. The minimum atomic E-state index is -0.357. The van der Waals surface area contributed by atoms with Crippen LogP contribution in [0.25, 0.3) is 0 Å². The number of fused-ring (bicyclic) bond motifs is 5. The number of aliphatic hydroxyl groups excluding tert-OH is 1. The van der Waals surface area contributed by atoms with Crippen LogP contribution in [-0.2, 0) is 9.59 Å². The van der Waals surface area contributed by atoms with Crippen molar-refractivity contribution in [3.8, 4) is 0 Å². The molecular weight excluding hydrogens is 312 g/mol. The van der Waals surface area contributed by atoms with E-state index in [2.05, 4.69) is 6.92 Å². The number of hydrogen-bond acceptors (Lipinski definition) is 3. The Bertz CT molecular complexity index is 584. The lowest BCUT2D eigenvalue weighted by Crippen LogP contribution is -2.56. The Labute approximate surface area is 151 Å². The molecule has 0 spiro atoms. The van der Waals surface area contributed by atoms with Crippen LogP contribution in [0.1, 0.15) is 78.6 Å².